The molecule has 0 atom stereocenters. The van der Waals surface area contributed by atoms with E-state index in [1.165, 1.54) is 12.5 Å². The first-order valence-electron chi connectivity index (χ1n) is 9.39. The number of anilines is 2. The molecule has 0 saturated carbocycles. The highest BCUT2D eigenvalue weighted by Gasteiger charge is 2.19. The van der Waals surface area contributed by atoms with Gasteiger partial charge in [-0.05, 0) is 13.8 Å². The van der Waals surface area contributed by atoms with Crippen molar-refractivity contribution in [3.05, 3.63) is 35.9 Å². The maximum Gasteiger partial charge on any atom is 0.214 e. The Morgan fingerprint density at radius 2 is 1.96 bits per heavy atom. The van der Waals surface area contributed by atoms with Crippen molar-refractivity contribution in [1.82, 2.24) is 19.9 Å². The molecule has 0 radical (unpaired) electrons. The van der Waals surface area contributed by atoms with Crippen molar-refractivity contribution in [3.63, 3.8) is 0 Å². The summed E-state index contributed by atoms with van der Waals surface area (Å²) < 4.78 is 5.62. The van der Waals surface area contributed by atoms with Gasteiger partial charge < -0.3 is 20.5 Å². The van der Waals surface area contributed by atoms with Gasteiger partial charge in [0.2, 0.25) is 5.88 Å². The summed E-state index contributed by atoms with van der Waals surface area (Å²) in [6, 6.07) is 3.49. The standard InChI is InChI=1S/C19H27N7O2/c1-13(2)28-18-9-14(15(20)11-22-18)19(21)16-10-17(24-12-23-16)26-5-3-25(4-6-26)7-8-27/h9-13,21,27H,3-8,20H2,1-2H3. The molecule has 9 nitrogen and oxygen atoms in total. The lowest BCUT2D eigenvalue weighted by Crippen LogP contribution is -2.47. The summed E-state index contributed by atoms with van der Waals surface area (Å²) >= 11 is 0. The van der Waals surface area contributed by atoms with Crippen LogP contribution in [0.15, 0.2) is 24.7 Å². The van der Waals surface area contributed by atoms with E-state index in [9.17, 15) is 0 Å². The van der Waals surface area contributed by atoms with E-state index in [-0.39, 0.29) is 18.4 Å². The fraction of sp³-hybridized carbons (Fsp3) is 0.474. The highest BCUT2D eigenvalue weighted by Crippen LogP contribution is 2.22. The molecule has 1 aliphatic heterocycles. The smallest absolute Gasteiger partial charge is 0.214 e. The molecule has 3 rings (SSSR count). The molecule has 0 bridgehead atoms. The van der Waals surface area contributed by atoms with E-state index < -0.39 is 0 Å². The van der Waals surface area contributed by atoms with Crippen LogP contribution in [0.3, 0.4) is 0 Å². The topological polar surface area (TPSA) is 124 Å². The lowest BCUT2D eigenvalue weighted by molar-refractivity contribution is 0.188. The minimum Gasteiger partial charge on any atom is -0.475 e. The molecule has 0 spiro atoms. The number of aliphatic hydroxyl groups is 1. The van der Waals surface area contributed by atoms with Gasteiger partial charge >= 0.3 is 0 Å². The van der Waals surface area contributed by atoms with E-state index in [2.05, 4.69) is 24.8 Å². The van der Waals surface area contributed by atoms with E-state index in [1.54, 1.807) is 6.07 Å². The Kier molecular flexibility index (Phi) is 6.37. The minimum atomic E-state index is -0.0201. The molecule has 9 heteroatoms. The van der Waals surface area contributed by atoms with Crippen LogP contribution in [0.1, 0.15) is 25.1 Å². The van der Waals surface area contributed by atoms with Crippen LogP contribution in [0.2, 0.25) is 0 Å². The second-order valence-electron chi connectivity index (χ2n) is 6.97. The van der Waals surface area contributed by atoms with Crippen molar-refractivity contribution in [2.24, 2.45) is 0 Å². The number of rotatable bonds is 7. The normalized spacial score (nSPS) is 15.1. The third-order valence-corrected chi connectivity index (χ3v) is 4.56. The lowest BCUT2D eigenvalue weighted by Gasteiger charge is -2.35. The minimum absolute atomic E-state index is 0.0201. The van der Waals surface area contributed by atoms with Gasteiger partial charge in [0, 0.05) is 50.4 Å². The fourth-order valence-electron chi connectivity index (χ4n) is 3.11. The van der Waals surface area contributed by atoms with Gasteiger partial charge in [0.15, 0.2) is 0 Å². The van der Waals surface area contributed by atoms with E-state index in [0.717, 1.165) is 32.0 Å². The Morgan fingerprint density at radius 1 is 1.21 bits per heavy atom. The number of hydrogen-bond acceptors (Lipinski definition) is 9. The van der Waals surface area contributed by atoms with Crippen LogP contribution in [0.25, 0.3) is 0 Å². The molecular formula is C19H27N7O2. The SMILES string of the molecule is CC(C)Oc1cc(C(=N)c2cc(N3CCN(CCO)CC3)ncn2)c(N)cn1. The van der Waals surface area contributed by atoms with Crippen LogP contribution in [-0.4, -0.2) is 76.1 Å². The molecule has 150 valence electrons. The molecule has 0 unspecified atom stereocenters. The molecule has 4 N–H and O–H groups in total. The summed E-state index contributed by atoms with van der Waals surface area (Å²) in [5.74, 6) is 1.21. The van der Waals surface area contributed by atoms with E-state index in [4.69, 9.17) is 21.0 Å². The van der Waals surface area contributed by atoms with Crippen LogP contribution in [-0.2, 0) is 0 Å². The fourth-order valence-corrected chi connectivity index (χ4v) is 3.11. The number of pyridine rings is 1. The second-order valence-corrected chi connectivity index (χ2v) is 6.97. The number of aliphatic hydroxyl groups excluding tert-OH is 1. The van der Waals surface area contributed by atoms with Gasteiger partial charge in [-0.2, -0.15) is 0 Å². The van der Waals surface area contributed by atoms with Crippen molar-refractivity contribution in [2.45, 2.75) is 20.0 Å². The Hall–Kier alpha value is -2.78. The number of nitrogens with zero attached hydrogens (tertiary/aromatic N) is 5. The first-order valence-corrected chi connectivity index (χ1v) is 9.39. The average Bonchev–Trinajstić information content (AvgIpc) is 2.69. The van der Waals surface area contributed by atoms with Crippen molar-refractivity contribution in [3.8, 4) is 5.88 Å². The number of nitrogens with one attached hydrogen (secondary N) is 1. The van der Waals surface area contributed by atoms with Gasteiger partial charge in [-0.3, -0.25) is 10.3 Å². The van der Waals surface area contributed by atoms with Gasteiger partial charge in [0.25, 0.3) is 0 Å². The number of ether oxygens (including phenoxy) is 1. The number of aromatic nitrogens is 3. The van der Waals surface area contributed by atoms with Gasteiger partial charge in [-0.15, -0.1) is 0 Å². The van der Waals surface area contributed by atoms with Crippen molar-refractivity contribution >= 4 is 17.2 Å². The highest BCUT2D eigenvalue weighted by molar-refractivity contribution is 6.13. The Bertz CT molecular complexity index is 820. The van der Waals surface area contributed by atoms with Gasteiger partial charge in [-0.1, -0.05) is 0 Å². The number of nitrogens with two attached hydrogens (primary N) is 1. The molecule has 0 aromatic carbocycles. The first-order chi connectivity index (χ1) is 13.5. The zero-order chi connectivity index (χ0) is 20.1. The molecule has 1 fully saturated rings. The van der Waals surface area contributed by atoms with Crippen LogP contribution in [0.5, 0.6) is 5.88 Å². The van der Waals surface area contributed by atoms with Crippen molar-refractivity contribution in [1.29, 1.82) is 5.41 Å². The number of nitrogen functional groups attached to an aromatic ring is 1. The van der Waals surface area contributed by atoms with Crippen molar-refractivity contribution < 1.29 is 9.84 Å². The molecule has 28 heavy (non-hydrogen) atoms. The predicted molar refractivity (Wildman–Crippen MR) is 108 cm³/mol. The van der Waals surface area contributed by atoms with Crippen LogP contribution in [0.4, 0.5) is 11.5 Å². The van der Waals surface area contributed by atoms with Crippen LogP contribution < -0.4 is 15.4 Å². The highest BCUT2D eigenvalue weighted by atomic mass is 16.5. The molecule has 2 aromatic heterocycles. The van der Waals surface area contributed by atoms with E-state index in [0.29, 0.717) is 29.4 Å². The molecule has 3 heterocycles. The second kappa shape index (κ2) is 8.94. The zero-order valence-electron chi connectivity index (χ0n) is 16.3. The van der Waals surface area contributed by atoms with Crippen LogP contribution in [0, 0.1) is 5.41 Å². The quantitative estimate of drug-likeness (QED) is 0.597. The summed E-state index contributed by atoms with van der Waals surface area (Å²) in [4.78, 5) is 17.2. The maximum absolute atomic E-state index is 9.07. The third-order valence-electron chi connectivity index (χ3n) is 4.56. The number of β-amino-alcohol motifs (C(OH)–C–C–N with tert-alkyl or cyclic N) is 1. The van der Waals surface area contributed by atoms with E-state index >= 15 is 0 Å². The molecule has 1 saturated heterocycles. The van der Waals surface area contributed by atoms with E-state index in [1.807, 2.05) is 19.9 Å². The summed E-state index contributed by atoms with van der Waals surface area (Å²) in [6.07, 6.45) is 2.96. The summed E-state index contributed by atoms with van der Waals surface area (Å²) in [7, 11) is 0. The van der Waals surface area contributed by atoms with Gasteiger partial charge in [0.05, 0.1) is 36.0 Å². The zero-order valence-corrected chi connectivity index (χ0v) is 16.3. The maximum atomic E-state index is 9.07. The third kappa shape index (κ3) is 4.73. The molecule has 2 aromatic rings. The predicted octanol–water partition coefficient (Wildman–Crippen LogP) is 0.771. The van der Waals surface area contributed by atoms with Crippen molar-refractivity contribution in [2.75, 3.05) is 50.0 Å². The largest absolute Gasteiger partial charge is 0.475 e. The first kappa shape index (κ1) is 20.0. The Morgan fingerprint density at radius 3 is 2.64 bits per heavy atom. The summed E-state index contributed by atoms with van der Waals surface area (Å²) in [6.45, 7) is 8.05. The summed E-state index contributed by atoms with van der Waals surface area (Å²) in [5.41, 5.74) is 7.68. The van der Waals surface area contributed by atoms with Crippen LogP contribution >= 0.6 is 0 Å². The summed E-state index contributed by atoms with van der Waals surface area (Å²) in [5, 5.41) is 17.7. The van der Waals surface area contributed by atoms with Gasteiger partial charge in [-0.25, -0.2) is 15.0 Å². The van der Waals surface area contributed by atoms with Gasteiger partial charge in [0.1, 0.15) is 12.1 Å². The molecular weight excluding hydrogens is 358 g/mol. The number of piperazine rings is 1. The number of hydrogen-bond donors (Lipinski definition) is 3. The molecule has 0 aliphatic carbocycles. The Labute approximate surface area is 164 Å². The monoisotopic (exact) mass is 385 g/mol. The molecule has 0 amide bonds. The average molecular weight is 385 g/mol. The lowest BCUT2D eigenvalue weighted by atomic mass is 10.1. The Balaban J connectivity index is 1.78. The molecule has 1 aliphatic rings.